The van der Waals surface area contributed by atoms with Gasteiger partial charge in [-0.25, -0.2) is 0 Å². The molecule has 1 N–H and O–H groups in total. The van der Waals surface area contributed by atoms with E-state index in [1.807, 2.05) is 6.92 Å². The Labute approximate surface area is 88.5 Å². The van der Waals surface area contributed by atoms with Crippen LogP contribution in [0, 0.1) is 18.3 Å². The van der Waals surface area contributed by atoms with E-state index in [4.69, 9.17) is 10.00 Å². The zero-order chi connectivity index (χ0) is 11.3. The summed E-state index contributed by atoms with van der Waals surface area (Å²) in [6, 6.07) is 5.49. The van der Waals surface area contributed by atoms with Crippen LogP contribution in [0.3, 0.4) is 0 Å². The summed E-state index contributed by atoms with van der Waals surface area (Å²) in [5.41, 5.74) is 1.94. The van der Waals surface area contributed by atoms with E-state index in [1.54, 1.807) is 19.1 Å². The van der Waals surface area contributed by atoms with Crippen LogP contribution in [0.15, 0.2) is 12.1 Å². The lowest BCUT2D eigenvalue weighted by atomic mass is 10.1. The van der Waals surface area contributed by atoms with E-state index >= 15 is 0 Å². The van der Waals surface area contributed by atoms with Crippen LogP contribution < -0.4 is 10.1 Å². The van der Waals surface area contributed by atoms with Gasteiger partial charge in [0.1, 0.15) is 11.8 Å². The largest absolute Gasteiger partial charge is 0.428 e. The number of ether oxygens (including phenoxy) is 1. The predicted molar refractivity (Wildman–Crippen MR) is 56.7 cm³/mol. The molecule has 0 bridgehead atoms. The van der Waals surface area contributed by atoms with E-state index < -0.39 is 0 Å². The average molecular weight is 204 g/mol. The topological polar surface area (TPSA) is 62.1 Å². The summed E-state index contributed by atoms with van der Waals surface area (Å²) in [5, 5.41) is 12.1. The van der Waals surface area contributed by atoms with Crippen LogP contribution in [0.25, 0.3) is 0 Å². The van der Waals surface area contributed by atoms with Crippen molar-refractivity contribution in [3.63, 3.8) is 0 Å². The van der Waals surface area contributed by atoms with Crippen molar-refractivity contribution >= 4 is 12.2 Å². The predicted octanol–water partition coefficient (Wildman–Crippen LogP) is 1.83. The van der Waals surface area contributed by atoms with Crippen molar-refractivity contribution in [2.24, 2.45) is 0 Å². The maximum absolute atomic E-state index is 10.2. The first-order valence-electron chi connectivity index (χ1n) is 4.62. The summed E-state index contributed by atoms with van der Waals surface area (Å²) in [6.45, 7) is 4.79. The third kappa shape index (κ3) is 2.26. The first-order valence-corrected chi connectivity index (χ1v) is 4.62. The Morgan fingerprint density at radius 2 is 2.33 bits per heavy atom. The molecule has 0 unspecified atom stereocenters. The van der Waals surface area contributed by atoms with Gasteiger partial charge < -0.3 is 10.1 Å². The van der Waals surface area contributed by atoms with Gasteiger partial charge in [0, 0.05) is 12.1 Å². The van der Waals surface area contributed by atoms with E-state index in [2.05, 4.69) is 11.4 Å². The fraction of sp³-hybridized carbons (Fsp3) is 0.273. The van der Waals surface area contributed by atoms with Crippen LogP contribution in [0.2, 0.25) is 0 Å². The molecule has 0 fully saturated rings. The molecule has 0 radical (unpaired) electrons. The number of carbonyl (C=O) groups excluding carboxylic acids is 1. The zero-order valence-electron chi connectivity index (χ0n) is 8.70. The highest BCUT2D eigenvalue weighted by Crippen LogP contribution is 2.27. The molecule has 0 aromatic heterocycles. The molecule has 0 aliphatic heterocycles. The summed E-state index contributed by atoms with van der Waals surface area (Å²) < 4.78 is 4.75. The van der Waals surface area contributed by atoms with E-state index in [9.17, 15) is 4.79 Å². The Morgan fingerprint density at radius 3 is 2.87 bits per heavy atom. The molecule has 0 aliphatic rings. The summed E-state index contributed by atoms with van der Waals surface area (Å²) in [4.78, 5) is 10.2. The van der Waals surface area contributed by atoms with Crippen molar-refractivity contribution in [2.45, 2.75) is 13.8 Å². The van der Waals surface area contributed by atoms with Crippen LogP contribution in [0.5, 0.6) is 5.75 Å². The molecule has 1 rings (SSSR count). The number of carbonyl (C=O) groups is 1. The number of rotatable bonds is 4. The Balaban J connectivity index is 3.21. The van der Waals surface area contributed by atoms with Crippen LogP contribution in [0.4, 0.5) is 5.69 Å². The molecule has 0 aliphatic carbocycles. The number of anilines is 1. The van der Waals surface area contributed by atoms with Crippen molar-refractivity contribution in [1.29, 1.82) is 5.26 Å². The first-order chi connectivity index (χ1) is 7.24. The van der Waals surface area contributed by atoms with Crippen molar-refractivity contribution in [3.8, 4) is 11.8 Å². The lowest BCUT2D eigenvalue weighted by Crippen LogP contribution is -2.02. The summed E-state index contributed by atoms with van der Waals surface area (Å²) in [7, 11) is 0. The minimum atomic E-state index is 0.358. The fourth-order valence-corrected chi connectivity index (χ4v) is 1.35. The average Bonchev–Trinajstić information content (AvgIpc) is 2.23. The van der Waals surface area contributed by atoms with E-state index in [0.29, 0.717) is 23.3 Å². The number of hydrogen-bond donors (Lipinski definition) is 1. The van der Waals surface area contributed by atoms with Crippen LogP contribution in [0.1, 0.15) is 18.1 Å². The number of nitriles is 1. The maximum atomic E-state index is 10.2. The standard InChI is InChI=1S/C11H12N2O2/c1-3-13-10-4-5-11(15-7-14)8(2)9(10)6-12/h4-5,7,13H,3H2,1-2H3. The molecule has 1 aromatic carbocycles. The summed E-state index contributed by atoms with van der Waals surface area (Å²) in [6.07, 6.45) is 0. The molecule has 0 saturated carbocycles. The molecule has 1 aromatic rings. The van der Waals surface area contributed by atoms with Gasteiger partial charge in [0.05, 0.1) is 11.3 Å². The Morgan fingerprint density at radius 1 is 1.60 bits per heavy atom. The zero-order valence-corrected chi connectivity index (χ0v) is 8.70. The second-order valence-electron chi connectivity index (χ2n) is 2.97. The normalized spacial score (nSPS) is 9.13. The SMILES string of the molecule is CCNc1ccc(OC=O)c(C)c1C#N. The van der Waals surface area contributed by atoms with Gasteiger partial charge in [-0.15, -0.1) is 0 Å². The summed E-state index contributed by atoms with van der Waals surface area (Å²) in [5.74, 6) is 0.420. The lowest BCUT2D eigenvalue weighted by Gasteiger charge is -2.10. The third-order valence-electron chi connectivity index (χ3n) is 2.07. The van der Waals surface area contributed by atoms with Gasteiger partial charge in [-0.05, 0) is 26.0 Å². The molecule has 15 heavy (non-hydrogen) atoms. The molecule has 0 spiro atoms. The van der Waals surface area contributed by atoms with Gasteiger partial charge in [0.25, 0.3) is 6.47 Å². The number of hydrogen-bond acceptors (Lipinski definition) is 4. The minimum absolute atomic E-state index is 0.358. The highest BCUT2D eigenvalue weighted by atomic mass is 16.5. The maximum Gasteiger partial charge on any atom is 0.298 e. The van der Waals surface area contributed by atoms with Gasteiger partial charge in [-0.2, -0.15) is 5.26 Å². The summed E-state index contributed by atoms with van der Waals surface area (Å²) >= 11 is 0. The number of nitrogens with zero attached hydrogens (tertiary/aromatic N) is 1. The van der Waals surface area contributed by atoms with Crippen LogP contribution >= 0.6 is 0 Å². The molecule has 4 heteroatoms. The van der Waals surface area contributed by atoms with Crippen molar-refractivity contribution in [1.82, 2.24) is 0 Å². The number of nitrogens with one attached hydrogen (secondary N) is 1. The van der Waals surface area contributed by atoms with Gasteiger partial charge in [-0.3, -0.25) is 4.79 Å². The lowest BCUT2D eigenvalue weighted by molar-refractivity contribution is -0.120. The molecule has 78 valence electrons. The Kier molecular flexibility index (Phi) is 3.69. The minimum Gasteiger partial charge on any atom is -0.428 e. The molecular weight excluding hydrogens is 192 g/mol. The molecule has 4 nitrogen and oxygen atoms in total. The van der Waals surface area contributed by atoms with Crippen LogP contribution in [-0.4, -0.2) is 13.0 Å². The fourth-order valence-electron chi connectivity index (χ4n) is 1.35. The molecule has 0 amide bonds. The highest BCUT2D eigenvalue weighted by molar-refractivity contribution is 5.65. The monoisotopic (exact) mass is 204 g/mol. The van der Waals surface area contributed by atoms with Gasteiger partial charge in [-0.1, -0.05) is 0 Å². The Hall–Kier alpha value is -2.02. The molecule has 0 heterocycles. The quantitative estimate of drug-likeness (QED) is 0.760. The van der Waals surface area contributed by atoms with E-state index in [-0.39, 0.29) is 0 Å². The second-order valence-corrected chi connectivity index (χ2v) is 2.97. The highest BCUT2D eigenvalue weighted by Gasteiger charge is 2.09. The molecule has 0 saturated heterocycles. The number of benzene rings is 1. The molecular formula is C11H12N2O2. The van der Waals surface area contributed by atoms with Crippen molar-refractivity contribution in [2.75, 3.05) is 11.9 Å². The Bertz CT molecular complexity index is 408. The molecule has 0 atom stereocenters. The smallest absolute Gasteiger partial charge is 0.298 e. The van der Waals surface area contributed by atoms with Gasteiger partial charge >= 0.3 is 0 Å². The van der Waals surface area contributed by atoms with Crippen molar-refractivity contribution in [3.05, 3.63) is 23.3 Å². The van der Waals surface area contributed by atoms with Gasteiger partial charge in [0.15, 0.2) is 0 Å². The third-order valence-corrected chi connectivity index (χ3v) is 2.07. The second kappa shape index (κ2) is 5.01. The van der Waals surface area contributed by atoms with Crippen LogP contribution in [-0.2, 0) is 4.79 Å². The first kappa shape index (κ1) is 11.1. The van der Waals surface area contributed by atoms with Crippen molar-refractivity contribution < 1.29 is 9.53 Å². The van der Waals surface area contributed by atoms with E-state index in [1.165, 1.54) is 0 Å². The van der Waals surface area contributed by atoms with E-state index in [0.717, 1.165) is 12.2 Å². The van der Waals surface area contributed by atoms with Gasteiger partial charge in [0.2, 0.25) is 0 Å².